The summed E-state index contributed by atoms with van der Waals surface area (Å²) in [6.45, 7) is 6.47. The Hall–Kier alpha value is -3.85. The number of nitrogens with one attached hydrogen (secondary N) is 2. The van der Waals surface area contributed by atoms with Crippen molar-refractivity contribution >= 4 is 17.3 Å². The summed E-state index contributed by atoms with van der Waals surface area (Å²) in [7, 11) is 0. The minimum atomic E-state index is -1.12. The largest absolute Gasteiger partial charge is 0.364 e. The Labute approximate surface area is 202 Å². The van der Waals surface area contributed by atoms with Crippen molar-refractivity contribution in [2.24, 2.45) is 0 Å². The molecule has 0 aliphatic carbocycles. The third-order valence-corrected chi connectivity index (χ3v) is 6.28. The maximum absolute atomic E-state index is 14.2. The number of carbonyl (C=O) groups excluding carboxylic acids is 1. The van der Waals surface area contributed by atoms with Crippen molar-refractivity contribution in [1.82, 2.24) is 0 Å². The number of hydrogen-bond donors (Lipinski definition) is 2. The Balaban J connectivity index is 1.81. The van der Waals surface area contributed by atoms with E-state index >= 15 is 0 Å². The molecule has 0 spiro atoms. The van der Waals surface area contributed by atoms with E-state index in [4.69, 9.17) is 0 Å². The SMILES string of the molecule is CCc1ccc(NC(C(=O)Nc2ccc(C(C)C)cc2)(c2ccccc2)c2ccccc2)cc1. The van der Waals surface area contributed by atoms with Gasteiger partial charge in [0.2, 0.25) is 0 Å². The molecule has 0 aliphatic heterocycles. The van der Waals surface area contributed by atoms with Gasteiger partial charge >= 0.3 is 0 Å². The predicted molar refractivity (Wildman–Crippen MR) is 142 cm³/mol. The van der Waals surface area contributed by atoms with Gasteiger partial charge in [-0.3, -0.25) is 4.79 Å². The Morgan fingerprint density at radius 1 is 0.706 bits per heavy atom. The summed E-state index contributed by atoms with van der Waals surface area (Å²) in [5.74, 6) is 0.298. The van der Waals surface area contributed by atoms with Crippen LogP contribution in [-0.4, -0.2) is 5.91 Å². The highest BCUT2D eigenvalue weighted by molar-refractivity contribution is 6.03. The van der Waals surface area contributed by atoms with Crippen LogP contribution in [0.25, 0.3) is 0 Å². The van der Waals surface area contributed by atoms with Crippen LogP contribution in [-0.2, 0) is 16.8 Å². The zero-order valence-electron chi connectivity index (χ0n) is 20.1. The van der Waals surface area contributed by atoms with E-state index in [-0.39, 0.29) is 5.91 Å². The zero-order chi connectivity index (χ0) is 24.0. The normalized spacial score (nSPS) is 11.3. The van der Waals surface area contributed by atoms with Crippen molar-refractivity contribution in [2.75, 3.05) is 10.6 Å². The second-order valence-electron chi connectivity index (χ2n) is 8.89. The smallest absolute Gasteiger partial charge is 0.259 e. The maximum atomic E-state index is 14.2. The fourth-order valence-electron chi connectivity index (χ4n) is 4.22. The first-order chi connectivity index (χ1) is 16.5. The number of amides is 1. The molecular weight excluding hydrogens is 416 g/mol. The molecule has 0 aromatic heterocycles. The average molecular weight is 449 g/mol. The number of anilines is 2. The quantitative estimate of drug-likeness (QED) is 0.295. The highest BCUT2D eigenvalue weighted by Crippen LogP contribution is 2.35. The minimum Gasteiger partial charge on any atom is -0.364 e. The van der Waals surface area contributed by atoms with Crippen molar-refractivity contribution in [2.45, 2.75) is 38.6 Å². The van der Waals surface area contributed by atoms with Gasteiger partial charge in [-0.15, -0.1) is 0 Å². The minimum absolute atomic E-state index is 0.137. The first-order valence-corrected chi connectivity index (χ1v) is 11.9. The standard InChI is InChI=1S/C31H32N2O/c1-4-24-15-19-29(20-16-24)33-31(26-11-7-5-8-12-26,27-13-9-6-10-14-27)30(34)32-28-21-17-25(18-22-28)23(2)3/h5-23,33H,4H2,1-3H3,(H,32,34). The molecule has 4 aromatic carbocycles. The molecule has 3 heteroatoms. The lowest BCUT2D eigenvalue weighted by Crippen LogP contribution is -2.48. The molecule has 0 saturated carbocycles. The van der Waals surface area contributed by atoms with Crippen molar-refractivity contribution in [3.63, 3.8) is 0 Å². The molecule has 0 atom stereocenters. The molecule has 4 rings (SSSR count). The van der Waals surface area contributed by atoms with E-state index in [9.17, 15) is 4.79 Å². The van der Waals surface area contributed by atoms with E-state index in [1.54, 1.807) is 0 Å². The predicted octanol–water partition coefficient (Wildman–Crippen LogP) is 7.37. The van der Waals surface area contributed by atoms with Gasteiger partial charge < -0.3 is 10.6 Å². The Morgan fingerprint density at radius 2 is 1.21 bits per heavy atom. The van der Waals surface area contributed by atoms with E-state index in [0.717, 1.165) is 28.9 Å². The molecule has 1 amide bonds. The van der Waals surface area contributed by atoms with E-state index in [0.29, 0.717) is 5.92 Å². The van der Waals surface area contributed by atoms with E-state index in [1.165, 1.54) is 11.1 Å². The third kappa shape index (κ3) is 4.89. The summed E-state index contributed by atoms with van der Waals surface area (Å²) >= 11 is 0. The van der Waals surface area contributed by atoms with Crippen LogP contribution in [0.5, 0.6) is 0 Å². The molecule has 0 aliphatic rings. The number of aryl methyl sites for hydroxylation is 1. The highest BCUT2D eigenvalue weighted by Gasteiger charge is 2.42. The van der Waals surface area contributed by atoms with Crippen LogP contribution in [0.4, 0.5) is 11.4 Å². The summed E-state index contributed by atoms with van der Waals surface area (Å²) < 4.78 is 0. The molecule has 3 nitrogen and oxygen atoms in total. The van der Waals surface area contributed by atoms with Crippen molar-refractivity contribution < 1.29 is 4.79 Å². The lowest BCUT2D eigenvalue weighted by molar-refractivity contribution is -0.119. The van der Waals surface area contributed by atoms with Gasteiger partial charge in [-0.1, -0.05) is 106 Å². The first-order valence-electron chi connectivity index (χ1n) is 11.9. The van der Waals surface area contributed by atoms with Gasteiger partial charge in [-0.25, -0.2) is 0 Å². The summed E-state index contributed by atoms with van der Waals surface area (Å²) in [5, 5.41) is 6.80. The van der Waals surface area contributed by atoms with Gasteiger partial charge in [0.05, 0.1) is 0 Å². The second kappa shape index (κ2) is 10.4. The number of rotatable bonds is 8. The van der Waals surface area contributed by atoms with Crippen LogP contribution in [0.1, 0.15) is 48.9 Å². The summed E-state index contributed by atoms with van der Waals surface area (Å²) in [6, 6.07) is 36.2. The van der Waals surface area contributed by atoms with Gasteiger partial charge in [0.15, 0.2) is 5.54 Å². The van der Waals surface area contributed by atoms with Gasteiger partial charge in [0.1, 0.15) is 0 Å². The van der Waals surface area contributed by atoms with E-state index in [1.807, 2.05) is 84.9 Å². The summed E-state index contributed by atoms with van der Waals surface area (Å²) in [5.41, 5.74) is 4.78. The number of hydrogen-bond acceptors (Lipinski definition) is 2. The Morgan fingerprint density at radius 3 is 1.68 bits per heavy atom. The van der Waals surface area contributed by atoms with Gasteiger partial charge in [0, 0.05) is 11.4 Å². The molecule has 0 bridgehead atoms. The van der Waals surface area contributed by atoms with Crippen LogP contribution in [0.15, 0.2) is 109 Å². The molecule has 0 saturated heterocycles. The maximum Gasteiger partial charge on any atom is 0.259 e. The topological polar surface area (TPSA) is 41.1 Å². The van der Waals surface area contributed by atoms with Crippen LogP contribution < -0.4 is 10.6 Å². The monoisotopic (exact) mass is 448 g/mol. The Bertz CT molecular complexity index is 1160. The van der Waals surface area contributed by atoms with Crippen LogP contribution >= 0.6 is 0 Å². The van der Waals surface area contributed by atoms with Crippen LogP contribution in [0.2, 0.25) is 0 Å². The lowest BCUT2D eigenvalue weighted by Gasteiger charge is -2.35. The molecule has 0 heterocycles. The number of carbonyl (C=O) groups is 1. The Kier molecular flexibility index (Phi) is 7.12. The van der Waals surface area contributed by atoms with Gasteiger partial charge in [-0.05, 0) is 58.9 Å². The molecule has 34 heavy (non-hydrogen) atoms. The van der Waals surface area contributed by atoms with E-state index < -0.39 is 5.54 Å². The number of benzene rings is 4. The molecule has 0 fully saturated rings. The summed E-state index contributed by atoms with van der Waals surface area (Å²) in [6.07, 6.45) is 0.968. The fraction of sp³-hybridized carbons (Fsp3) is 0.194. The molecule has 172 valence electrons. The highest BCUT2D eigenvalue weighted by atomic mass is 16.2. The summed E-state index contributed by atoms with van der Waals surface area (Å²) in [4.78, 5) is 14.2. The average Bonchev–Trinajstić information content (AvgIpc) is 2.89. The molecule has 0 radical (unpaired) electrons. The van der Waals surface area contributed by atoms with Crippen molar-refractivity contribution in [1.29, 1.82) is 0 Å². The lowest BCUT2D eigenvalue weighted by atomic mass is 9.81. The molecule has 2 N–H and O–H groups in total. The van der Waals surface area contributed by atoms with Crippen molar-refractivity contribution in [3.8, 4) is 0 Å². The van der Waals surface area contributed by atoms with Gasteiger partial charge in [-0.2, -0.15) is 0 Å². The van der Waals surface area contributed by atoms with Gasteiger partial charge in [0.25, 0.3) is 5.91 Å². The second-order valence-corrected chi connectivity index (χ2v) is 8.89. The van der Waals surface area contributed by atoms with Crippen LogP contribution in [0, 0.1) is 0 Å². The van der Waals surface area contributed by atoms with E-state index in [2.05, 4.69) is 55.7 Å². The fourth-order valence-corrected chi connectivity index (χ4v) is 4.22. The molecule has 4 aromatic rings. The van der Waals surface area contributed by atoms with Crippen molar-refractivity contribution in [3.05, 3.63) is 131 Å². The zero-order valence-corrected chi connectivity index (χ0v) is 20.1. The third-order valence-electron chi connectivity index (χ3n) is 6.28. The molecule has 0 unspecified atom stereocenters. The molecular formula is C31H32N2O. The van der Waals surface area contributed by atoms with Crippen LogP contribution in [0.3, 0.4) is 0 Å². The first kappa shape index (κ1) is 23.3.